The second kappa shape index (κ2) is 6.65. The Morgan fingerprint density at radius 1 is 1.35 bits per heavy atom. The Balaban J connectivity index is 1.97. The molecule has 0 aliphatic carbocycles. The summed E-state index contributed by atoms with van der Waals surface area (Å²) in [6.07, 6.45) is 2.03. The Labute approximate surface area is 116 Å². The van der Waals surface area contributed by atoms with Crippen LogP contribution in [0.5, 0.6) is 5.75 Å². The Kier molecular flexibility index (Phi) is 4.65. The summed E-state index contributed by atoms with van der Waals surface area (Å²) < 4.78 is 5.04. The highest BCUT2D eigenvalue weighted by atomic mass is 16.5. The predicted octanol–water partition coefficient (Wildman–Crippen LogP) is 1.73. The number of aromatic nitrogens is 4. The summed E-state index contributed by atoms with van der Waals surface area (Å²) in [7, 11) is 1.58. The number of carbonyl (C=O) groups is 1. The van der Waals surface area contributed by atoms with Crippen molar-refractivity contribution >= 4 is 11.9 Å². The molecule has 1 N–H and O–H groups in total. The van der Waals surface area contributed by atoms with E-state index in [2.05, 4.69) is 27.7 Å². The molecule has 20 heavy (non-hydrogen) atoms. The number of unbranched alkanes of at least 4 members (excludes halogenated alkanes) is 1. The standard InChI is InChI=1S/C13H17N5O2/c1-3-4-9-18-16-13(15-17-18)14-12(19)10-5-7-11(20-2)8-6-10/h5-8H,3-4,9H2,1-2H3,(H,14,16,19). The SMILES string of the molecule is CCCCn1nnc(NC(=O)c2ccc(OC)cc2)n1. The summed E-state index contributed by atoms with van der Waals surface area (Å²) in [5, 5.41) is 14.4. The average Bonchev–Trinajstić information content (AvgIpc) is 2.92. The van der Waals surface area contributed by atoms with Crippen molar-refractivity contribution in [2.75, 3.05) is 12.4 Å². The average molecular weight is 275 g/mol. The van der Waals surface area contributed by atoms with Crippen LogP contribution >= 0.6 is 0 Å². The first-order valence-electron chi connectivity index (χ1n) is 6.46. The van der Waals surface area contributed by atoms with Crippen LogP contribution in [0.2, 0.25) is 0 Å². The van der Waals surface area contributed by atoms with Gasteiger partial charge >= 0.3 is 0 Å². The summed E-state index contributed by atoms with van der Waals surface area (Å²) in [5.41, 5.74) is 0.510. The number of aryl methyl sites for hydroxylation is 1. The third-order valence-electron chi connectivity index (χ3n) is 2.74. The van der Waals surface area contributed by atoms with Crippen molar-refractivity contribution in [3.05, 3.63) is 29.8 Å². The molecule has 0 unspecified atom stereocenters. The lowest BCUT2D eigenvalue weighted by molar-refractivity contribution is 0.102. The number of tetrazole rings is 1. The molecule has 2 rings (SSSR count). The first-order chi connectivity index (χ1) is 9.72. The summed E-state index contributed by atoms with van der Waals surface area (Å²) in [5.74, 6) is 0.634. The number of rotatable bonds is 6. The van der Waals surface area contributed by atoms with Gasteiger partial charge in [-0.15, -0.1) is 5.10 Å². The van der Waals surface area contributed by atoms with Crippen molar-refractivity contribution in [1.29, 1.82) is 0 Å². The van der Waals surface area contributed by atoms with E-state index < -0.39 is 0 Å². The van der Waals surface area contributed by atoms with Gasteiger partial charge in [0.2, 0.25) is 0 Å². The molecule has 0 radical (unpaired) electrons. The fourth-order valence-corrected chi connectivity index (χ4v) is 1.60. The molecule has 1 amide bonds. The van der Waals surface area contributed by atoms with E-state index in [0.717, 1.165) is 12.8 Å². The van der Waals surface area contributed by atoms with Crippen molar-refractivity contribution < 1.29 is 9.53 Å². The zero-order valence-electron chi connectivity index (χ0n) is 11.5. The van der Waals surface area contributed by atoms with Crippen molar-refractivity contribution in [3.8, 4) is 5.75 Å². The van der Waals surface area contributed by atoms with Gasteiger partial charge in [-0.3, -0.25) is 10.1 Å². The van der Waals surface area contributed by atoms with Gasteiger partial charge in [-0.2, -0.15) is 4.80 Å². The van der Waals surface area contributed by atoms with E-state index in [1.54, 1.807) is 31.4 Å². The van der Waals surface area contributed by atoms with E-state index in [-0.39, 0.29) is 11.9 Å². The highest BCUT2D eigenvalue weighted by molar-refractivity contribution is 6.03. The van der Waals surface area contributed by atoms with Crippen LogP contribution in [0, 0.1) is 0 Å². The maximum absolute atomic E-state index is 12.0. The number of benzene rings is 1. The summed E-state index contributed by atoms with van der Waals surface area (Å²) in [4.78, 5) is 13.4. The minimum atomic E-state index is -0.275. The molecule has 1 heterocycles. The Bertz CT molecular complexity index is 564. The van der Waals surface area contributed by atoms with Crippen LogP contribution in [0.1, 0.15) is 30.1 Å². The van der Waals surface area contributed by atoms with Crippen molar-refractivity contribution in [2.24, 2.45) is 0 Å². The fourth-order valence-electron chi connectivity index (χ4n) is 1.60. The normalized spacial score (nSPS) is 10.3. The van der Waals surface area contributed by atoms with Gasteiger partial charge in [0.25, 0.3) is 11.9 Å². The summed E-state index contributed by atoms with van der Waals surface area (Å²) in [6, 6.07) is 6.80. The van der Waals surface area contributed by atoms with Crippen molar-refractivity contribution in [3.63, 3.8) is 0 Å². The van der Waals surface area contributed by atoms with E-state index in [1.807, 2.05) is 0 Å². The Morgan fingerprint density at radius 2 is 2.10 bits per heavy atom. The van der Waals surface area contributed by atoms with Crippen molar-refractivity contribution in [2.45, 2.75) is 26.3 Å². The number of methoxy groups -OCH3 is 1. The van der Waals surface area contributed by atoms with Crippen LogP contribution in [0.15, 0.2) is 24.3 Å². The molecule has 1 aromatic carbocycles. The van der Waals surface area contributed by atoms with Gasteiger partial charge in [0, 0.05) is 5.56 Å². The zero-order valence-corrected chi connectivity index (χ0v) is 11.5. The third kappa shape index (κ3) is 3.53. The van der Waals surface area contributed by atoms with E-state index in [1.165, 1.54) is 4.80 Å². The minimum absolute atomic E-state index is 0.210. The van der Waals surface area contributed by atoms with Gasteiger partial charge in [-0.1, -0.05) is 18.4 Å². The number of hydrogen-bond acceptors (Lipinski definition) is 5. The molecule has 0 bridgehead atoms. The maximum Gasteiger partial charge on any atom is 0.270 e. The molecule has 0 atom stereocenters. The largest absolute Gasteiger partial charge is 0.497 e. The molecule has 0 spiro atoms. The maximum atomic E-state index is 12.0. The number of nitrogens with zero attached hydrogens (tertiary/aromatic N) is 4. The highest BCUT2D eigenvalue weighted by Gasteiger charge is 2.09. The fraction of sp³-hybridized carbons (Fsp3) is 0.385. The highest BCUT2D eigenvalue weighted by Crippen LogP contribution is 2.12. The first-order valence-corrected chi connectivity index (χ1v) is 6.46. The lowest BCUT2D eigenvalue weighted by Gasteiger charge is -2.02. The summed E-state index contributed by atoms with van der Waals surface area (Å²) >= 11 is 0. The van der Waals surface area contributed by atoms with Crippen LogP contribution in [0.25, 0.3) is 0 Å². The zero-order chi connectivity index (χ0) is 14.4. The number of hydrogen-bond donors (Lipinski definition) is 1. The molecule has 106 valence electrons. The van der Waals surface area contributed by atoms with Gasteiger partial charge < -0.3 is 4.74 Å². The monoisotopic (exact) mass is 275 g/mol. The van der Waals surface area contributed by atoms with E-state index in [0.29, 0.717) is 17.9 Å². The molecule has 2 aromatic rings. The molecule has 7 heteroatoms. The van der Waals surface area contributed by atoms with E-state index in [4.69, 9.17) is 4.74 Å². The number of ether oxygens (including phenoxy) is 1. The van der Waals surface area contributed by atoms with Gasteiger partial charge in [0.05, 0.1) is 13.7 Å². The first kappa shape index (κ1) is 14.0. The van der Waals surface area contributed by atoms with Gasteiger partial charge in [-0.05, 0) is 35.9 Å². The van der Waals surface area contributed by atoms with Crippen LogP contribution in [-0.4, -0.2) is 33.2 Å². The van der Waals surface area contributed by atoms with Crippen molar-refractivity contribution in [1.82, 2.24) is 20.2 Å². The number of nitrogens with one attached hydrogen (secondary N) is 1. The Hall–Kier alpha value is -2.44. The topological polar surface area (TPSA) is 81.9 Å². The second-order valence-electron chi connectivity index (χ2n) is 4.25. The van der Waals surface area contributed by atoms with Crippen LogP contribution in [0.3, 0.4) is 0 Å². The lowest BCUT2D eigenvalue weighted by Crippen LogP contribution is -2.13. The minimum Gasteiger partial charge on any atom is -0.497 e. The van der Waals surface area contributed by atoms with Gasteiger partial charge in [0.1, 0.15) is 5.75 Å². The van der Waals surface area contributed by atoms with Crippen LogP contribution in [0.4, 0.5) is 5.95 Å². The number of amides is 1. The molecule has 0 saturated heterocycles. The lowest BCUT2D eigenvalue weighted by atomic mass is 10.2. The molecule has 0 fully saturated rings. The smallest absolute Gasteiger partial charge is 0.270 e. The summed E-state index contributed by atoms with van der Waals surface area (Å²) in [6.45, 7) is 2.78. The third-order valence-corrected chi connectivity index (χ3v) is 2.74. The van der Waals surface area contributed by atoms with Crippen LogP contribution < -0.4 is 10.1 Å². The molecule has 1 aromatic heterocycles. The molecule has 0 saturated carbocycles. The quantitative estimate of drug-likeness (QED) is 0.868. The van der Waals surface area contributed by atoms with E-state index in [9.17, 15) is 4.79 Å². The molecule has 7 nitrogen and oxygen atoms in total. The molecule has 0 aliphatic rings. The molecular formula is C13H17N5O2. The number of carbonyl (C=O) groups excluding carboxylic acids is 1. The molecule has 0 aliphatic heterocycles. The van der Waals surface area contributed by atoms with Gasteiger partial charge in [0.15, 0.2) is 0 Å². The molecular weight excluding hydrogens is 258 g/mol. The van der Waals surface area contributed by atoms with E-state index >= 15 is 0 Å². The Morgan fingerprint density at radius 3 is 2.75 bits per heavy atom. The second-order valence-corrected chi connectivity index (χ2v) is 4.25. The number of anilines is 1. The predicted molar refractivity (Wildman–Crippen MR) is 73.7 cm³/mol. The van der Waals surface area contributed by atoms with Crippen LogP contribution in [-0.2, 0) is 6.54 Å². The van der Waals surface area contributed by atoms with Gasteiger partial charge in [-0.25, -0.2) is 0 Å².